The van der Waals surface area contributed by atoms with E-state index >= 15 is 0 Å². The van der Waals surface area contributed by atoms with Gasteiger partial charge in [-0.3, -0.25) is 9.11 Å². The van der Waals surface area contributed by atoms with Crippen molar-refractivity contribution in [3.63, 3.8) is 0 Å². The van der Waals surface area contributed by atoms with Gasteiger partial charge in [-0.15, -0.1) is 0 Å². The normalized spacial score (nSPS) is 12.1. The number of ether oxygens (including phenoxy) is 2. The average Bonchev–Trinajstić information content (AvgIpc) is 3.30. The highest BCUT2D eigenvalue weighted by atomic mass is 32.2. The van der Waals surface area contributed by atoms with Crippen LogP contribution < -0.4 is 20.1 Å². The third kappa shape index (κ3) is 17.5. The average molecular weight is 989 g/mol. The molecule has 0 radical (unpaired) electrons. The van der Waals surface area contributed by atoms with E-state index in [0.29, 0.717) is 107 Å². The number of hydrogen-bond donors (Lipinski definition) is 4. The van der Waals surface area contributed by atoms with E-state index in [1.54, 1.807) is 84.9 Å². The zero-order chi connectivity index (χ0) is 50.1. The van der Waals surface area contributed by atoms with Crippen LogP contribution >= 0.6 is 0 Å². The van der Waals surface area contributed by atoms with Crippen LogP contribution in [-0.4, -0.2) is 56.7 Å². The molecule has 0 unspecified atom stereocenters. The summed E-state index contributed by atoms with van der Waals surface area (Å²) in [5.74, 6) is 0.640. The molecule has 0 fully saturated rings. The molecule has 21 heteroatoms. The third-order valence-electron chi connectivity index (χ3n) is 10.2. The van der Waals surface area contributed by atoms with Gasteiger partial charge in [-0.1, -0.05) is 0 Å². The van der Waals surface area contributed by atoms with Gasteiger partial charge in [-0.05, 0) is 197 Å². The number of carbonyl (C=O) groups excluding carboxylic acids is 1. The summed E-state index contributed by atoms with van der Waals surface area (Å²) in [5.41, 5.74) is 9.57. The number of unbranched alkanes of at least 4 members (excludes halogenated alkanes) is 2. The Hall–Kier alpha value is -7.59. The van der Waals surface area contributed by atoms with Crippen molar-refractivity contribution in [2.24, 2.45) is 40.9 Å². The summed E-state index contributed by atoms with van der Waals surface area (Å²) in [6.07, 6.45) is 1.59. The molecule has 6 rings (SSSR count). The van der Waals surface area contributed by atoms with Crippen LogP contribution in [0.1, 0.15) is 47.9 Å². The summed E-state index contributed by atoms with van der Waals surface area (Å²) in [5, 5.41) is 40.7. The summed E-state index contributed by atoms with van der Waals surface area (Å²) < 4.78 is 72.2. The summed E-state index contributed by atoms with van der Waals surface area (Å²) in [6, 6.07) is 35.2. The third-order valence-corrected chi connectivity index (χ3v) is 11.8. The zero-order valence-corrected chi connectivity index (χ0v) is 40.5. The lowest BCUT2D eigenvalue weighted by Crippen LogP contribution is -2.19. The number of nitrogens with zero attached hydrogens (tertiary/aromatic N) is 8. The number of azo groups is 4. The van der Waals surface area contributed by atoms with Crippen LogP contribution in [0.2, 0.25) is 0 Å². The summed E-state index contributed by atoms with van der Waals surface area (Å²) in [4.78, 5) is 13.0. The number of amides is 2. The van der Waals surface area contributed by atoms with Gasteiger partial charge in [0.15, 0.2) is 0 Å². The predicted octanol–water partition coefficient (Wildman–Crippen LogP) is 14.3. The molecule has 2 amide bonds. The van der Waals surface area contributed by atoms with E-state index < -0.39 is 26.3 Å². The largest absolute Gasteiger partial charge is 0.494 e. The molecule has 0 spiro atoms. The maximum absolute atomic E-state index is 13.0. The Morgan fingerprint density at radius 2 is 0.743 bits per heavy atom. The van der Waals surface area contributed by atoms with Crippen molar-refractivity contribution < 1.29 is 40.2 Å². The van der Waals surface area contributed by atoms with Gasteiger partial charge in [0.25, 0.3) is 20.2 Å². The number of hydrogen-bond acceptors (Lipinski definition) is 15. The van der Waals surface area contributed by atoms with Crippen molar-refractivity contribution >= 4 is 83.1 Å². The number of aryl methyl sites for hydroxylation is 4. The van der Waals surface area contributed by atoms with Gasteiger partial charge in [0.2, 0.25) is 0 Å². The van der Waals surface area contributed by atoms with Crippen molar-refractivity contribution in [3.8, 4) is 11.5 Å². The molecule has 0 bridgehead atoms. The van der Waals surface area contributed by atoms with Crippen LogP contribution in [0.4, 0.5) is 61.7 Å². The molecule has 0 aliphatic carbocycles. The molecule has 6 aromatic rings. The Kier molecular flexibility index (Phi) is 18.2. The lowest BCUT2D eigenvalue weighted by atomic mass is 10.2. The molecule has 19 nitrogen and oxygen atoms in total. The van der Waals surface area contributed by atoms with Gasteiger partial charge in [0.05, 0.1) is 70.2 Å². The molecule has 0 aliphatic rings. The Bertz CT molecular complexity index is 2920. The van der Waals surface area contributed by atoms with Crippen LogP contribution in [-0.2, 0) is 20.2 Å². The fourth-order valence-electron chi connectivity index (χ4n) is 6.43. The highest BCUT2D eigenvalue weighted by Gasteiger charge is 2.09. The Morgan fingerprint density at radius 1 is 0.429 bits per heavy atom. The van der Waals surface area contributed by atoms with Gasteiger partial charge in [-0.2, -0.15) is 57.7 Å². The molecule has 0 aromatic heterocycles. The van der Waals surface area contributed by atoms with E-state index in [-0.39, 0.29) is 11.5 Å². The van der Waals surface area contributed by atoms with E-state index in [9.17, 15) is 21.6 Å². The lowest BCUT2D eigenvalue weighted by Gasteiger charge is -2.10. The van der Waals surface area contributed by atoms with Crippen molar-refractivity contribution in [1.29, 1.82) is 0 Å². The zero-order valence-electron chi connectivity index (χ0n) is 38.9. The van der Waals surface area contributed by atoms with Crippen molar-refractivity contribution in [1.82, 2.24) is 0 Å². The van der Waals surface area contributed by atoms with Crippen LogP contribution in [0.3, 0.4) is 0 Å². The van der Waals surface area contributed by atoms with Gasteiger partial charge in [-0.25, -0.2) is 4.79 Å². The first-order valence-corrected chi connectivity index (χ1v) is 25.2. The second-order valence-corrected chi connectivity index (χ2v) is 19.1. The fourth-order valence-corrected chi connectivity index (χ4v) is 7.57. The molecule has 0 heterocycles. The number of anilines is 2. The lowest BCUT2D eigenvalue weighted by molar-refractivity contribution is 0.262. The second kappa shape index (κ2) is 24.6. The maximum atomic E-state index is 13.0. The van der Waals surface area contributed by atoms with E-state index in [1.165, 1.54) is 0 Å². The molecule has 6 aromatic carbocycles. The standard InChI is InChI=1S/C49H52N10O9S2/c1-33-29-39(13-21-45(33)58-54-41-15-23-47(35(3)31-41)56-52-37-9-17-43(18-10-37)67-25-5-7-27-69(61,62)63)50-49(60)51-40-14-22-46(34(2)30-40)59-55-42-16-24-48(36(4)32-42)57-53-38-11-19-44(20-12-38)68-26-6-8-28-70(64,65)66/h9-24,29-32H,5-8,25-28H2,1-4H3,(H2,50,51,60)(H,61,62,63)(H,64,65,66)/b56-52+,57-53?,58-54?,59-55?. The Labute approximate surface area is 406 Å². The van der Waals surface area contributed by atoms with Crippen molar-refractivity contribution in [2.45, 2.75) is 53.4 Å². The van der Waals surface area contributed by atoms with E-state index in [4.69, 9.17) is 18.6 Å². The predicted molar refractivity (Wildman–Crippen MR) is 269 cm³/mol. The van der Waals surface area contributed by atoms with Gasteiger partial charge in [0.1, 0.15) is 11.5 Å². The molecule has 0 saturated heterocycles. The number of urea groups is 1. The van der Waals surface area contributed by atoms with E-state index in [1.807, 2.05) is 64.1 Å². The van der Waals surface area contributed by atoms with Crippen molar-refractivity contribution in [3.05, 3.63) is 144 Å². The minimum absolute atomic E-state index is 0.292. The molecule has 70 heavy (non-hydrogen) atoms. The van der Waals surface area contributed by atoms with Crippen LogP contribution in [0.25, 0.3) is 0 Å². The van der Waals surface area contributed by atoms with Crippen LogP contribution in [0, 0.1) is 27.7 Å². The molecule has 0 aliphatic heterocycles. The first-order chi connectivity index (χ1) is 33.4. The highest BCUT2D eigenvalue weighted by Crippen LogP contribution is 2.32. The first kappa shape index (κ1) is 51.8. The number of carbonyl (C=O) groups is 1. The molecular weight excluding hydrogens is 937 g/mol. The highest BCUT2D eigenvalue weighted by molar-refractivity contribution is 7.86. The Balaban J connectivity index is 0.943. The molecular formula is C49H52N10O9S2. The minimum Gasteiger partial charge on any atom is -0.494 e. The molecule has 0 atom stereocenters. The monoisotopic (exact) mass is 988 g/mol. The first-order valence-electron chi connectivity index (χ1n) is 22.0. The Morgan fingerprint density at radius 3 is 1.07 bits per heavy atom. The maximum Gasteiger partial charge on any atom is 0.323 e. The van der Waals surface area contributed by atoms with Gasteiger partial charge < -0.3 is 20.1 Å². The van der Waals surface area contributed by atoms with Crippen molar-refractivity contribution in [2.75, 3.05) is 35.4 Å². The molecule has 0 saturated carbocycles. The fraction of sp³-hybridized carbons (Fsp3) is 0.245. The van der Waals surface area contributed by atoms with Gasteiger partial charge in [0, 0.05) is 11.4 Å². The summed E-state index contributed by atoms with van der Waals surface area (Å²) in [7, 11) is -7.93. The SMILES string of the molecule is Cc1cc(N=Nc2ccc(NC(=O)Nc3ccc(N=Nc4ccc(/N=N/c5ccc(OCCCCS(=O)(=O)O)cc5)c(C)c4)c(C)c3)cc2C)ccc1N=Nc1ccc(OCCCCS(=O)(=O)O)cc1. The molecule has 4 N–H and O–H groups in total. The van der Waals surface area contributed by atoms with E-state index in [0.717, 1.165) is 22.3 Å². The number of benzene rings is 6. The van der Waals surface area contributed by atoms with Crippen LogP contribution in [0.5, 0.6) is 11.5 Å². The number of nitrogens with one attached hydrogen (secondary N) is 2. The van der Waals surface area contributed by atoms with E-state index in [2.05, 4.69) is 51.5 Å². The van der Waals surface area contributed by atoms with Gasteiger partial charge >= 0.3 is 6.03 Å². The summed E-state index contributed by atoms with van der Waals surface area (Å²) >= 11 is 0. The smallest absolute Gasteiger partial charge is 0.323 e. The molecule has 364 valence electrons. The second-order valence-electron chi connectivity index (χ2n) is 16.0. The number of rotatable bonds is 22. The summed E-state index contributed by atoms with van der Waals surface area (Å²) in [6.45, 7) is 8.20. The minimum atomic E-state index is -3.97. The topological polar surface area (TPSA) is 267 Å². The quantitative estimate of drug-likeness (QED) is 0.0286. The van der Waals surface area contributed by atoms with Crippen LogP contribution in [0.15, 0.2) is 162 Å².